The highest BCUT2D eigenvalue weighted by Crippen LogP contribution is 2.42. The van der Waals surface area contributed by atoms with Crippen LogP contribution in [0.2, 0.25) is 5.02 Å². The van der Waals surface area contributed by atoms with E-state index in [0.29, 0.717) is 22.5 Å². The largest absolute Gasteiger partial charge is 0.376 e. The predicted molar refractivity (Wildman–Crippen MR) is 150 cm³/mol. The van der Waals surface area contributed by atoms with E-state index in [1.807, 2.05) is 18.3 Å². The molecule has 0 amide bonds. The second-order valence-electron chi connectivity index (χ2n) is 10.8. The molecule has 0 radical (unpaired) electrons. The monoisotopic (exact) mass is 555 g/mol. The van der Waals surface area contributed by atoms with Gasteiger partial charge in [-0.2, -0.15) is 0 Å². The van der Waals surface area contributed by atoms with Crippen molar-refractivity contribution in [3.8, 4) is 0 Å². The Bertz CT molecular complexity index is 1350. The number of hydrogen-bond donors (Lipinski definition) is 1. The fourth-order valence-corrected chi connectivity index (χ4v) is 7.09. The van der Waals surface area contributed by atoms with Gasteiger partial charge in [0, 0.05) is 42.5 Å². The van der Waals surface area contributed by atoms with Gasteiger partial charge in [-0.15, -0.1) is 0 Å². The predicted octanol–water partition coefficient (Wildman–Crippen LogP) is 3.42. The second kappa shape index (κ2) is 10.7. The third kappa shape index (κ3) is 4.93. The van der Waals surface area contributed by atoms with E-state index in [9.17, 15) is 4.79 Å². The molecular formula is C27H34ClN7O2S. The molecule has 1 spiro atoms. The zero-order chi connectivity index (χ0) is 26.3. The fourth-order valence-electron chi connectivity index (χ4n) is 5.97. The van der Waals surface area contributed by atoms with Crippen molar-refractivity contribution >= 4 is 40.1 Å². The molecule has 3 saturated heterocycles. The summed E-state index contributed by atoms with van der Waals surface area (Å²) in [4.78, 5) is 32.5. The Morgan fingerprint density at radius 3 is 2.58 bits per heavy atom. The lowest BCUT2D eigenvalue weighted by Crippen LogP contribution is -2.50. The van der Waals surface area contributed by atoms with Crippen LogP contribution in [0, 0.1) is 5.41 Å². The molecule has 3 aromatic rings. The Morgan fingerprint density at radius 1 is 1.11 bits per heavy atom. The summed E-state index contributed by atoms with van der Waals surface area (Å²) in [6, 6.07) is 3.83. The molecular weight excluding hydrogens is 522 g/mol. The maximum Gasteiger partial charge on any atom is 0.262 e. The number of likely N-dealkylation sites (tertiary alicyclic amines) is 1. The second-order valence-corrected chi connectivity index (χ2v) is 12.2. The number of anilines is 1. The van der Waals surface area contributed by atoms with Crippen molar-refractivity contribution in [1.29, 1.82) is 0 Å². The fraction of sp³-hybridized carbons (Fsp3) is 0.556. The van der Waals surface area contributed by atoms with E-state index in [0.717, 1.165) is 67.9 Å². The summed E-state index contributed by atoms with van der Waals surface area (Å²) in [6.07, 6.45) is 9.77. The maximum absolute atomic E-state index is 13.3. The number of hydrogen-bond acceptors (Lipinski definition) is 9. The van der Waals surface area contributed by atoms with E-state index in [1.54, 1.807) is 17.1 Å². The van der Waals surface area contributed by atoms with Crippen LogP contribution in [0.5, 0.6) is 0 Å². The van der Waals surface area contributed by atoms with Crippen molar-refractivity contribution in [3.05, 3.63) is 46.2 Å². The van der Waals surface area contributed by atoms with E-state index in [-0.39, 0.29) is 23.1 Å². The SMILES string of the molecule is CC1OCC2(CCN(c3cnc(Sc4ccc5ncn(CCN6CCCC6)c(=O)c5c4Cl)cn3)CC2)C1N. The molecule has 3 fully saturated rings. The van der Waals surface area contributed by atoms with E-state index >= 15 is 0 Å². The van der Waals surface area contributed by atoms with Gasteiger partial charge in [0.15, 0.2) is 0 Å². The summed E-state index contributed by atoms with van der Waals surface area (Å²) in [5.74, 6) is 0.861. The average Bonchev–Trinajstić information content (AvgIpc) is 3.55. The molecule has 3 aliphatic rings. The molecule has 2 aromatic heterocycles. The lowest BCUT2D eigenvalue weighted by atomic mass is 9.73. The topological polar surface area (TPSA) is 102 Å². The summed E-state index contributed by atoms with van der Waals surface area (Å²) in [7, 11) is 0. The Morgan fingerprint density at radius 2 is 1.89 bits per heavy atom. The van der Waals surface area contributed by atoms with Crippen LogP contribution in [-0.4, -0.2) is 75.9 Å². The first-order valence-corrected chi connectivity index (χ1v) is 14.6. The van der Waals surface area contributed by atoms with Crippen molar-refractivity contribution < 1.29 is 4.74 Å². The van der Waals surface area contributed by atoms with E-state index in [1.165, 1.54) is 24.6 Å². The highest BCUT2D eigenvalue weighted by atomic mass is 35.5. The molecule has 6 rings (SSSR count). The van der Waals surface area contributed by atoms with Gasteiger partial charge in [0.1, 0.15) is 10.8 Å². The Hall–Kier alpha value is -2.24. The molecule has 2 N–H and O–H groups in total. The number of aromatic nitrogens is 4. The van der Waals surface area contributed by atoms with Gasteiger partial charge < -0.3 is 20.3 Å². The summed E-state index contributed by atoms with van der Waals surface area (Å²) in [5, 5.41) is 1.59. The molecule has 2 atom stereocenters. The zero-order valence-electron chi connectivity index (χ0n) is 21.7. The van der Waals surface area contributed by atoms with Gasteiger partial charge >= 0.3 is 0 Å². The normalized spacial score (nSPS) is 23.6. The molecule has 202 valence electrons. The molecule has 9 nitrogen and oxygen atoms in total. The summed E-state index contributed by atoms with van der Waals surface area (Å²) in [6.45, 7) is 8.23. The molecule has 0 aliphatic carbocycles. The van der Waals surface area contributed by atoms with E-state index in [4.69, 9.17) is 22.1 Å². The Balaban J connectivity index is 1.14. The van der Waals surface area contributed by atoms with Gasteiger partial charge in [-0.3, -0.25) is 9.36 Å². The van der Waals surface area contributed by atoms with Gasteiger partial charge in [0.2, 0.25) is 0 Å². The molecule has 2 unspecified atom stereocenters. The van der Waals surface area contributed by atoms with Crippen LogP contribution in [0.25, 0.3) is 10.9 Å². The van der Waals surface area contributed by atoms with Crippen LogP contribution in [0.1, 0.15) is 32.6 Å². The van der Waals surface area contributed by atoms with Gasteiger partial charge in [-0.05, 0) is 57.8 Å². The molecule has 1 aromatic carbocycles. The number of piperidine rings is 1. The number of halogens is 1. The summed E-state index contributed by atoms with van der Waals surface area (Å²) >= 11 is 8.18. The first kappa shape index (κ1) is 26.0. The third-order valence-electron chi connectivity index (χ3n) is 8.51. The zero-order valence-corrected chi connectivity index (χ0v) is 23.3. The molecule has 11 heteroatoms. The average molecular weight is 556 g/mol. The van der Waals surface area contributed by atoms with E-state index in [2.05, 4.69) is 31.7 Å². The van der Waals surface area contributed by atoms with Crippen LogP contribution >= 0.6 is 23.4 Å². The maximum atomic E-state index is 13.3. The molecule has 5 heterocycles. The summed E-state index contributed by atoms with van der Waals surface area (Å²) in [5.41, 5.74) is 7.04. The van der Waals surface area contributed by atoms with Crippen LogP contribution in [0.15, 0.2) is 45.6 Å². The van der Waals surface area contributed by atoms with Crippen LogP contribution < -0.4 is 16.2 Å². The standard InChI is InChI=1S/C27H34ClN7O2S/c1-18-25(29)27(16-37-18)6-10-34(11-7-27)21-14-31-22(15-30-21)38-20-5-4-19-23(24(20)28)26(36)35(17-32-19)13-12-33-8-2-3-9-33/h4-5,14-15,17-18,25H,2-3,6-13,16,29H2,1H3. The van der Waals surface area contributed by atoms with Crippen molar-refractivity contribution in [1.82, 2.24) is 24.4 Å². The lowest BCUT2D eigenvalue weighted by molar-refractivity contribution is 0.0974. The minimum Gasteiger partial charge on any atom is -0.376 e. The third-order valence-corrected chi connectivity index (χ3v) is 9.99. The smallest absolute Gasteiger partial charge is 0.262 e. The van der Waals surface area contributed by atoms with E-state index < -0.39 is 0 Å². The first-order chi connectivity index (χ1) is 18.4. The Labute approximate surface area is 231 Å². The minimum atomic E-state index is -0.104. The molecule has 3 aliphatic heterocycles. The molecule has 38 heavy (non-hydrogen) atoms. The van der Waals surface area contributed by atoms with Crippen molar-refractivity contribution in [3.63, 3.8) is 0 Å². The number of benzene rings is 1. The van der Waals surface area contributed by atoms with Crippen molar-refractivity contribution in [2.45, 2.75) is 61.2 Å². The number of rotatable bonds is 6. The van der Waals surface area contributed by atoms with Crippen molar-refractivity contribution in [2.75, 3.05) is 44.2 Å². The molecule has 0 bridgehead atoms. The van der Waals surface area contributed by atoms with Crippen LogP contribution in [0.4, 0.5) is 5.82 Å². The minimum absolute atomic E-state index is 0.0770. The van der Waals surface area contributed by atoms with Gasteiger partial charge in [-0.25, -0.2) is 15.0 Å². The van der Waals surface area contributed by atoms with Crippen molar-refractivity contribution in [2.24, 2.45) is 11.1 Å². The molecule has 0 saturated carbocycles. The number of nitrogens with two attached hydrogens (primary N) is 1. The Kier molecular flexibility index (Phi) is 7.34. The van der Waals surface area contributed by atoms with Gasteiger partial charge in [0.05, 0.1) is 47.4 Å². The number of fused-ring (bicyclic) bond motifs is 1. The highest BCUT2D eigenvalue weighted by Gasteiger charge is 2.47. The number of ether oxygens (including phenoxy) is 1. The lowest BCUT2D eigenvalue weighted by Gasteiger charge is -2.41. The van der Waals surface area contributed by atoms with Gasteiger partial charge in [-0.1, -0.05) is 23.4 Å². The van der Waals surface area contributed by atoms with Crippen LogP contribution in [0.3, 0.4) is 0 Å². The van der Waals surface area contributed by atoms with Crippen LogP contribution in [-0.2, 0) is 11.3 Å². The summed E-state index contributed by atoms with van der Waals surface area (Å²) < 4.78 is 7.51. The quantitative estimate of drug-likeness (QED) is 0.490. The van der Waals surface area contributed by atoms with Gasteiger partial charge in [0.25, 0.3) is 5.56 Å². The highest BCUT2D eigenvalue weighted by molar-refractivity contribution is 7.99. The number of nitrogens with zero attached hydrogens (tertiary/aromatic N) is 6. The first-order valence-electron chi connectivity index (χ1n) is 13.5.